The first kappa shape index (κ1) is 19.1. The van der Waals surface area contributed by atoms with Crippen LogP contribution in [0, 0.1) is 0 Å². The Morgan fingerprint density at radius 1 is 0.857 bits per heavy atom. The summed E-state index contributed by atoms with van der Waals surface area (Å²) in [5.41, 5.74) is 2.31. The van der Waals surface area contributed by atoms with Crippen molar-refractivity contribution in [1.82, 2.24) is 9.62 Å². The van der Waals surface area contributed by atoms with Crippen molar-refractivity contribution < 1.29 is 13.2 Å². The van der Waals surface area contributed by atoms with Crippen molar-refractivity contribution in [2.24, 2.45) is 0 Å². The number of fused-ring (bicyclic) bond motifs is 1. The number of rotatable bonds is 6. The Morgan fingerprint density at radius 3 is 2.36 bits per heavy atom. The first-order chi connectivity index (χ1) is 13.6. The van der Waals surface area contributed by atoms with Crippen LogP contribution in [0.5, 0.6) is 0 Å². The third-order valence-electron chi connectivity index (χ3n) is 5.06. The Morgan fingerprint density at radius 2 is 1.57 bits per heavy atom. The Kier molecular flexibility index (Phi) is 5.73. The molecule has 6 heteroatoms. The van der Waals surface area contributed by atoms with E-state index in [9.17, 15) is 8.42 Å². The largest absolute Gasteiger partial charge is 0.379 e. The predicted octanol–water partition coefficient (Wildman–Crippen LogP) is 3.15. The fraction of sp³-hybridized carbons (Fsp3) is 0.273. The molecule has 1 fully saturated rings. The second kappa shape index (κ2) is 8.41. The maximum Gasteiger partial charge on any atom is 0.243 e. The van der Waals surface area contributed by atoms with Crippen LogP contribution >= 0.6 is 0 Å². The Hall–Kier alpha value is -2.25. The van der Waals surface area contributed by atoms with Gasteiger partial charge in [0.25, 0.3) is 0 Å². The van der Waals surface area contributed by atoms with Crippen molar-refractivity contribution in [2.75, 3.05) is 26.3 Å². The summed E-state index contributed by atoms with van der Waals surface area (Å²) in [4.78, 5) is 0.340. The number of hydrogen-bond donors (Lipinski definition) is 1. The minimum Gasteiger partial charge on any atom is -0.379 e. The summed E-state index contributed by atoms with van der Waals surface area (Å²) in [6.45, 7) is 3.18. The van der Waals surface area contributed by atoms with Crippen LogP contribution in [0.15, 0.2) is 71.6 Å². The zero-order chi connectivity index (χ0) is 19.4. The van der Waals surface area contributed by atoms with Gasteiger partial charge in [0.05, 0.1) is 18.1 Å². The highest BCUT2D eigenvalue weighted by molar-refractivity contribution is 7.89. The predicted molar refractivity (Wildman–Crippen MR) is 111 cm³/mol. The molecule has 1 aliphatic heterocycles. The van der Waals surface area contributed by atoms with E-state index in [1.54, 1.807) is 12.1 Å². The van der Waals surface area contributed by atoms with Gasteiger partial charge in [-0.1, -0.05) is 54.6 Å². The lowest BCUT2D eigenvalue weighted by Gasteiger charge is -2.26. The van der Waals surface area contributed by atoms with Crippen LogP contribution in [0.1, 0.15) is 11.1 Å². The molecule has 3 aromatic carbocycles. The van der Waals surface area contributed by atoms with Crippen molar-refractivity contribution in [1.29, 1.82) is 0 Å². The number of sulfonamides is 1. The molecule has 28 heavy (non-hydrogen) atoms. The maximum atomic E-state index is 12.7. The van der Waals surface area contributed by atoms with Crippen LogP contribution in [-0.4, -0.2) is 39.0 Å². The van der Waals surface area contributed by atoms with E-state index < -0.39 is 10.0 Å². The van der Waals surface area contributed by atoms with Crippen molar-refractivity contribution in [3.8, 4) is 0 Å². The molecule has 0 atom stereocenters. The second-order valence-corrected chi connectivity index (χ2v) is 8.84. The lowest BCUT2D eigenvalue weighted by atomic mass is 10.0. The average Bonchev–Trinajstić information content (AvgIpc) is 2.75. The average molecular weight is 397 g/mol. The van der Waals surface area contributed by atoms with Crippen molar-refractivity contribution in [2.45, 2.75) is 18.0 Å². The molecule has 0 radical (unpaired) electrons. The first-order valence-electron chi connectivity index (χ1n) is 9.49. The molecule has 0 amide bonds. The van der Waals surface area contributed by atoms with Crippen LogP contribution in [0.3, 0.4) is 0 Å². The maximum absolute atomic E-state index is 12.7. The van der Waals surface area contributed by atoms with E-state index >= 15 is 0 Å². The molecule has 0 aliphatic carbocycles. The van der Waals surface area contributed by atoms with Gasteiger partial charge in [-0.3, -0.25) is 0 Å². The van der Waals surface area contributed by atoms with Crippen LogP contribution < -0.4 is 5.32 Å². The highest BCUT2D eigenvalue weighted by Crippen LogP contribution is 2.19. The summed E-state index contributed by atoms with van der Waals surface area (Å²) >= 11 is 0. The Bertz CT molecular complexity index is 1040. The number of morpholine rings is 1. The normalized spacial score (nSPS) is 15.7. The van der Waals surface area contributed by atoms with Gasteiger partial charge in [-0.25, -0.2) is 8.42 Å². The van der Waals surface area contributed by atoms with E-state index in [0.717, 1.165) is 12.1 Å². The van der Waals surface area contributed by atoms with Gasteiger partial charge in [0.1, 0.15) is 0 Å². The molecule has 1 aliphatic rings. The molecule has 1 heterocycles. The van der Waals surface area contributed by atoms with Gasteiger partial charge in [-0.2, -0.15) is 4.31 Å². The first-order valence-corrected chi connectivity index (χ1v) is 10.9. The van der Waals surface area contributed by atoms with Crippen molar-refractivity contribution in [3.63, 3.8) is 0 Å². The van der Waals surface area contributed by atoms with Gasteiger partial charge >= 0.3 is 0 Å². The number of nitrogens with one attached hydrogen (secondary N) is 1. The van der Waals surface area contributed by atoms with Crippen LogP contribution in [0.25, 0.3) is 10.8 Å². The lowest BCUT2D eigenvalue weighted by Crippen LogP contribution is -2.40. The Balaban J connectivity index is 1.39. The van der Waals surface area contributed by atoms with E-state index in [0.29, 0.717) is 37.7 Å². The summed E-state index contributed by atoms with van der Waals surface area (Å²) in [5, 5.41) is 5.95. The topological polar surface area (TPSA) is 58.6 Å². The molecule has 1 N–H and O–H groups in total. The van der Waals surface area contributed by atoms with Crippen LogP contribution in [-0.2, 0) is 27.8 Å². The SMILES string of the molecule is O=S(=O)(c1ccc(CNCc2cccc3ccccc23)cc1)N1CCOCC1. The molecule has 1 saturated heterocycles. The summed E-state index contributed by atoms with van der Waals surface area (Å²) in [6, 6.07) is 21.8. The molecule has 0 unspecified atom stereocenters. The van der Waals surface area contributed by atoms with Gasteiger partial charge in [-0.05, 0) is 34.0 Å². The number of ether oxygens (including phenoxy) is 1. The van der Waals surface area contributed by atoms with Gasteiger partial charge in [-0.15, -0.1) is 0 Å². The van der Waals surface area contributed by atoms with Gasteiger partial charge < -0.3 is 10.1 Å². The summed E-state index contributed by atoms with van der Waals surface area (Å²) in [5.74, 6) is 0. The van der Waals surface area contributed by atoms with E-state index in [-0.39, 0.29) is 0 Å². The monoisotopic (exact) mass is 396 g/mol. The zero-order valence-electron chi connectivity index (χ0n) is 15.7. The molecule has 5 nitrogen and oxygen atoms in total. The van der Waals surface area contributed by atoms with Crippen molar-refractivity contribution >= 4 is 20.8 Å². The molecule has 0 saturated carbocycles. The molecule has 3 aromatic rings. The zero-order valence-corrected chi connectivity index (χ0v) is 16.5. The van der Waals surface area contributed by atoms with E-state index in [1.807, 2.05) is 18.2 Å². The van der Waals surface area contributed by atoms with Crippen LogP contribution in [0.2, 0.25) is 0 Å². The number of nitrogens with zero attached hydrogens (tertiary/aromatic N) is 1. The quantitative estimate of drug-likeness (QED) is 0.695. The van der Waals surface area contributed by atoms with E-state index in [1.165, 1.54) is 20.6 Å². The highest BCUT2D eigenvalue weighted by atomic mass is 32.2. The minimum atomic E-state index is -3.43. The number of hydrogen-bond acceptors (Lipinski definition) is 4. The smallest absolute Gasteiger partial charge is 0.243 e. The standard InChI is InChI=1S/C22H24N2O3S/c25-28(26,24-12-14-27-15-13-24)21-10-8-18(9-11-21)16-23-17-20-6-3-5-19-4-1-2-7-22(19)20/h1-11,23H,12-17H2. The van der Waals surface area contributed by atoms with E-state index in [2.05, 4.69) is 41.7 Å². The Labute approximate surface area is 166 Å². The van der Waals surface area contributed by atoms with Gasteiger partial charge in [0.2, 0.25) is 10.0 Å². The molecule has 146 valence electrons. The van der Waals surface area contributed by atoms with Crippen LogP contribution in [0.4, 0.5) is 0 Å². The summed E-state index contributed by atoms with van der Waals surface area (Å²) < 4.78 is 32.1. The summed E-state index contributed by atoms with van der Waals surface area (Å²) in [7, 11) is -3.43. The molecular weight excluding hydrogens is 372 g/mol. The molecule has 0 bridgehead atoms. The molecule has 0 aromatic heterocycles. The fourth-order valence-electron chi connectivity index (χ4n) is 3.50. The third kappa shape index (κ3) is 4.10. The lowest BCUT2D eigenvalue weighted by molar-refractivity contribution is 0.0730. The van der Waals surface area contributed by atoms with Gasteiger partial charge in [0, 0.05) is 26.2 Å². The van der Waals surface area contributed by atoms with Gasteiger partial charge in [0.15, 0.2) is 0 Å². The summed E-state index contributed by atoms with van der Waals surface area (Å²) in [6.07, 6.45) is 0. The van der Waals surface area contributed by atoms with Crippen molar-refractivity contribution in [3.05, 3.63) is 77.9 Å². The fourth-order valence-corrected chi connectivity index (χ4v) is 4.91. The number of benzene rings is 3. The highest BCUT2D eigenvalue weighted by Gasteiger charge is 2.25. The molecular formula is C22H24N2O3S. The second-order valence-electron chi connectivity index (χ2n) is 6.90. The molecule has 0 spiro atoms. The van der Waals surface area contributed by atoms with E-state index in [4.69, 9.17) is 4.74 Å². The third-order valence-corrected chi connectivity index (χ3v) is 6.97. The molecule has 4 rings (SSSR count). The minimum absolute atomic E-state index is 0.340.